The number of hydrogen-bond donors (Lipinski definition) is 2. The zero-order valence-corrected chi connectivity index (χ0v) is 14.2. The molecule has 5 heteroatoms. The van der Waals surface area contributed by atoms with Crippen molar-refractivity contribution < 1.29 is 4.79 Å². The van der Waals surface area contributed by atoms with Gasteiger partial charge in [-0.25, -0.2) is 4.98 Å². The molecule has 0 atom stereocenters. The lowest BCUT2D eigenvalue weighted by Gasteiger charge is -2.19. The quantitative estimate of drug-likeness (QED) is 0.753. The van der Waals surface area contributed by atoms with Crippen molar-refractivity contribution in [3.8, 4) is 0 Å². The van der Waals surface area contributed by atoms with Gasteiger partial charge >= 0.3 is 0 Å². The molecule has 0 radical (unpaired) electrons. The highest BCUT2D eigenvalue weighted by atomic mass is 16.1. The molecule has 4 rings (SSSR count). The third-order valence-electron chi connectivity index (χ3n) is 4.70. The van der Waals surface area contributed by atoms with E-state index < -0.39 is 0 Å². The van der Waals surface area contributed by atoms with Crippen LogP contribution < -0.4 is 10.2 Å². The van der Waals surface area contributed by atoms with Crippen LogP contribution in [0.4, 0.5) is 5.82 Å². The van der Waals surface area contributed by atoms with Gasteiger partial charge in [-0.15, -0.1) is 0 Å². The van der Waals surface area contributed by atoms with E-state index in [0.717, 1.165) is 49.4 Å². The number of carbonyl (C=O) groups is 1. The summed E-state index contributed by atoms with van der Waals surface area (Å²) in [5.74, 6) is 0.759. The molecule has 1 amide bonds. The van der Waals surface area contributed by atoms with Crippen molar-refractivity contribution in [2.45, 2.75) is 19.3 Å². The predicted octanol–water partition coefficient (Wildman–Crippen LogP) is 3.14. The molecule has 0 aliphatic carbocycles. The highest BCUT2D eigenvalue weighted by molar-refractivity contribution is 5.98. The molecule has 0 unspecified atom stereocenters. The first kappa shape index (κ1) is 15.7. The van der Waals surface area contributed by atoms with Gasteiger partial charge in [-0.1, -0.05) is 18.2 Å². The van der Waals surface area contributed by atoms with Crippen LogP contribution in [0.15, 0.2) is 48.7 Å². The topological polar surface area (TPSA) is 61.0 Å². The van der Waals surface area contributed by atoms with Crippen molar-refractivity contribution in [3.05, 3.63) is 59.9 Å². The fourth-order valence-corrected chi connectivity index (χ4v) is 3.43. The van der Waals surface area contributed by atoms with Gasteiger partial charge in [-0.3, -0.25) is 4.79 Å². The van der Waals surface area contributed by atoms with E-state index in [1.165, 1.54) is 5.39 Å². The van der Waals surface area contributed by atoms with Gasteiger partial charge in [0.25, 0.3) is 5.91 Å². The largest absolute Gasteiger partial charge is 0.358 e. The van der Waals surface area contributed by atoms with E-state index in [2.05, 4.69) is 38.4 Å². The van der Waals surface area contributed by atoms with Crippen molar-refractivity contribution in [2.24, 2.45) is 0 Å². The summed E-state index contributed by atoms with van der Waals surface area (Å²) in [6.07, 6.45) is 4.87. The number of anilines is 1. The number of fused-ring (bicyclic) bond motifs is 1. The zero-order valence-electron chi connectivity index (χ0n) is 14.2. The summed E-state index contributed by atoms with van der Waals surface area (Å²) in [7, 11) is 0. The molecule has 128 valence electrons. The van der Waals surface area contributed by atoms with Crippen LogP contribution in [-0.2, 0) is 6.42 Å². The molecule has 1 fully saturated rings. The Hall–Kier alpha value is -2.82. The molecule has 3 aromatic rings. The SMILES string of the molecule is O=C(NCCc1cc2ccccc2[nH]1)c1cccnc1N1CCCC1. The Labute approximate surface area is 147 Å². The Kier molecular flexibility index (Phi) is 4.37. The van der Waals surface area contributed by atoms with Crippen LogP contribution in [0.1, 0.15) is 28.9 Å². The van der Waals surface area contributed by atoms with Gasteiger partial charge in [0, 0.05) is 43.5 Å². The van der Waals surface area contributed by atoms with E-state index in [1.807, 2.05) is 24.3 Å². The Morgan fingerprint density at radius 2 is 2.00 bits per heavy atom. The van der Waals surface area contributed by atoms with Gasteiger partial charge in [-0.05, 0) is 42.5 Å². The predicted molar refractivity (Wildman–Crippen MR) is 100 cm³/mol. The van der Waals surface area contributed by atoms with Crippen LogP contribution in [-0.4, -0.2) is 35.5 Å². The number of carbonyl (C=O) groups excluding carboxylic acids is 1. The Balaban J connectivity index is 1.40. The normalized spacial score (nSPS) is 14.2. The van der Waals surface area contributed by atoms with Crippen molar-refractivity contribution in [2.75, 3.05) is 24.5 Å². The Morgan fingerprint density at radius 3 is 2.84 bits per heavy atom. The maximum atomic E-state index is 12.6. The standard InChI is InChI=1S/C20H22N4O/c25-20(17-7-5-10-21-19(17)24-12-3-4-13-24)22-11-9-16-14-15-6-1-2-8-18(15)23-16/h1-2,5-8,10,14,23H,3-4,9,11-13H2,(H,22,25). The lowest BCUT2D eigenvalue weighted by atomic mass is 10.2. The van der Waals surface area contributed by atoms with Crippen molar-refractivity contribution in [1.82, 2.24) is 15.3 Å². The summed E-state index contributed by atoms with van der Waals surface area (Å²) in [5.41, 5.74) is 2.93. The summed E-state index contributed by atoms with van der Waals surface area (Å²) >= 11 is 0. The van der Waals surface area contributed by atoms with E-state index in [-0.39, 0.29) is 5.91 Å². The van der Waals surface area contributed by atoms with E-state index in [4.69, 9.17) is 0 Å². The number of hydrogen-bond acceptors (Lipinski definition) is 3. The summed E-state index contributed by atoms with van der Waals surface area (Å²) in [4.78, 5) is 22.6. The average Bonchev–Trinajstić information content (AvgIpc) is 3.31. The number of benzene rings is 1. The summed E-state index contributed by atoms with van der Waals surface area (Å²) in [5, 5.41) is 4.23. The number of aromatic nitrogens is 2. The molecule has 3 heterocycles. The van der Waals surface area contributed by atoms with Crippen LogP contribution in [0.5, 0.6) is 0 Å². The van der Waals surface area contributed by atoms with Crippen LogP contribution in [0.25, 0.3) is 10.9 Å². The molecule has 1 aliphatic rings. The number of para-hydroxylation sites is 1. The molecule has 2 N–H and O–H groups in total. The third-order valence-corrected chi connectivity index (χ3v) is 4.70. The van der Waals surface area contributed by atoms with Gasteiger partial charge in [0.2, 0.25) is 0 Å². The maximum Gasteiger partial charge on any atom is 0.255 e. The van der Waals surface area contributed by atoms with E-state index in [1.54, 1.807) is 6.20 Å². The molecule has 1 saturated heterocycles. The smallest absolute Gasteiger partial charge is 0.255 e. The van der Waals surface area contributed by atoms with Crippen LogP contribution in [0.3, 0.4) is 0 Å². The van der Waals surface area contributed by atoms with Crippen LogP contribution in [0.2, 0.25) is 0 Å². The number of H-pyrrole nitrogens is 1. The summed E-state index contributed by atoms with van der Waals surface area (Å²) in [6.45, 7) is 2.55. The van der Waals surface area contributed by atoms with E-state index in [9.17, 15) is 4.79 Å². The fraction of sp³-hybridized carbons (Fsp3) is 0.300. The molecule has 0 saturated carbocycles. The molecule has 25 heavy (non-hydrogen) atoms. The van der Waals surface area contributed by atoms with E-state index >= 15 is 0 Å². The van der Waals surface area contributed by atoms with Crippen molar-refractivity contribution in [1.29, 1.82) is 0 Å². The highest BCUT2D eigenvalue weighted by Crippen LogP contribution is 2.21. The highest BCUT2D eigenvalue weighted by Gasteiger charge is 2.20. The molecule has 2 aromatic heterocycles. The lowest BCUT2D eigenvalue weighted by molar-refractivity contribution is 0.0954. The van der Waals surface area contributed by atoms with Crippen molar-refractivity contribution in [3.63, 3.8) is 0 Å². The second-order valence-corrected chi connectivity index (χ2v) is 6.46. The monoisotopic (exact) mass is 334 g/mol. The first-order valence-electron chi connectivity index (χ1n) is 8.86. The number of pyridine rings is 1. The van der Waals surface area contributed by atoms with Gasteiger partial charge in [0.15, 0.2) is 0 Å². The minimum atomic E-state index is -0.0499. The number of aromatic amines is 1. The summed E-state index contributed by atoms with van der Waals surface area (Å²) < 4.78 is 0. The molecular weight excluding hydrogens is 312 g/mol. The molecule has 0 bridgehead atoms. The maximum absolute atomic E-state index is 12.6. The number of rotatable bonds is 5. The number of nitrogens with one attached hydrogen (secondary N) is 2. The van der Waals surface area contributed by atoms with Crippen LogP contribution in [0, 0.1) is 0 Å². The van der Waals surface area contributed by atoms with E-state index in [0.29, 0.717) is 12.1 Å². The minimum Gasteiger partial charge on any atom is -0.358 e. The first-order chi connectivity index (χ1) is 12.3. The molecule has 5 nitrogen and oxygen atoms in total. The third kappa shape index (κ3) is 3.36. The number of amides is 1. The summed E-state index contributed by atoms with van der Waals surface area (Å²) in [6, 6.07) is 14.0. The molecule has 0 spiro atoms. The average molecular weight is 334 g/mol. The molecule has 1 aliphatic heterocycles. The van der Waals surface area contributed by atoms with Gasteiger partial charge in [0.05, 0.1) is 5.56 Å². The molecule has 1 aromatic carbocycles. The Morgan fingerprint density at radius 1 is 1.16 bits per heavy atom. The molecular formula is C20H22N4O. The second kappa shape index (κ2) is 6.97. The zero-order chi connectivity index (χ0) is 17.1. The minimum absolute atomic E-state index is 0.0499. The van der Waals surface area contributed by atoms with Gasteiger partial charge in [0.1, 0.15) is 5.82 Å². The number of nitrogens with zero attached hydrogens (tertiary/aromatic N) is 2. The lowest BCUT2D eigenvalue weighted by Crippen LogP contribution is -2.29. The first-order valence-corrected chi connectivity index (χ1v) is 8.86. The Bertz CT molecular complexity index is 847. The van der Waals surface area contributed by atoms with Gasteiger partial charge < -0.3 is 15.2 Å². The van der Waals surface area contributed by atoms with Crippen molar-refractivity contribution >= 4 is 22.6 Å². The van der Waals surface area contributed by atoms with Crippen LogP contribution >= 0.6 is 0 Å². The van der Waals surface area contributed by atoms with Gasteiger partial charge in [-0.2, -0.15) is 0 Å². The second-order valence-electron chi connectivity index (χ2n) is 6.46. The fourth-order valence-electron chi connectivity index (χ4n) is 3.43.